The van der Waals surface area contributed by atoms with Gasteiger partial charge in [0.05, 0.1) is 6.61 Å². The number of nitrogens with zero attached hydrogens (tertiary/aromatic N) is 3. The fourth-order valence-corrected chi connectivity index (χ4v) is 2.28. The Morgan fingerprint density at radius 2 is 2.23 bits per heavy atom. The molecule has 3 rings (SSSR count). The first-order chi connectivity index (χ1) is 10.2. The molecule has 0 radical (unpaired) electrons. The van der Waals surface area contributed by atoms with E-state index in [9.17, 15) is 23.8 Å². The van der Waals surface area contributed by atoms with Crippen molar-refractivity contribution < 1.29 is 28.8 Å². The number of nitrogens with two attached hydrogens (primary N) is 1. The molecule has 0 unspecified atom stereocenters. The Hall–Kier alpha value is -2.15. The minimum Gasteiger partial charge on any atom is -0.394 e. The minimum absolute atomic E-state index is 0.285. The van der Waals surface area contributed by atoms with Crippen molar-refractivity contribution in [2.45, 2.75) is 24.0 Å². The smallest absolute Gasteiger partial charge is 0.359 e. The summed E-state index contributed by atoms with van der Waals surface area (Å²) < 4.78 is 34.1. The van der Waals surface area contributed by atoms with Crippen LogP contribution in [-0.2, 0) is 10.7 Å². The maximum atomic E-state index is 14.9. The van der Waals surface area contributed by atoms with Gasteiger partial charge in [-0.15, -0.1) is 0 Å². The Balaban J connectivity index is 2.24. The summed E-state index contributed by atoms with van der Waals surface area (Å²) in [6.45, 7) is -0.957. The molecule has 120 valence electrons. The number of imidazole rings is 1. The lowest BCUT2D eigenvalue weighted by molar-refractivity contribution is -0.322. The van der Waals surface area contributed by atoms with Gasteiger partial charge >= 0.3 is 11.8 Å². The zero-order valence-corrected chi connectivity index (χ0v) is 10.8. The highest BCUT2D eigenvalue weighted by atomic mass is 19.2. The number of aromatic amines is 1. The fourth-order valence-electron chi connectivity index (χ4n) is 2.28. The Bertz CT molecular complexity index is 792. The molecule has 10 nitrogen and oxygen atoms in total. The van der Waals surface area contributed by atoms with E-state index in [-0.39, 0.29) is 10.1 Å². The number of aromatic nitrogens is 4. The lowest BCUT2D eigenvalue weighted by Crippen LogP contribution is -2.51. The molecule has 2 aromatic heterocycles. The van der Waals surface area contributed by atoms with Gasteiger partial charge in [-0.1, -0.05) is 0 Å². The number of nitrogen functional groups attached to an aromatic ring is 1. The van der Waals surface area contributed by atoms with Gasteiger partial charge in [-0.3, -0.25) is 14.3 Å². The number of anilines is 1. The third-order valence-electron chi connectivity index (χ3n) is 3.40. The third kappa shape index (κ3) is 1.68. The number of alkyl halides is 2. The number of rotatable bonds is 2. The second-order valence-electron chi connectivity index (χ2n) is 4.76. The molecule has 1 aliphatic heterocycles. The normalized spacial score (nSPS) is 35.3. The second-order valence-corrected chi connectivity index (χ2v) is 4.76. The van der Waals surface area contributed by atoms with Crippen molar-refractivity contribution in [2.75, 3.05) is 12.3 Å². The van der Waals surface area contributed by atoms with Crippen LogP contribution >= 0.6 is 0 Å². The molecular weight excluding hydrogens is 308 g/mol. The molecule has 0 aliphatic carbocycles. The molecule has 4 atom stereocenters. The first-order valence-corrected chi connectivity index (χ1v) is 6.02. The SMILES string of the molecule is Nc1nc2c(ncn2[C@]2(F)O[C@H](CO)[C@@H](O)[C@]2(O)F)c(=O)[nH]1. The number of aliphatic hydroxyl groups excluding tert-OH is 2. The van der Waals surface area contributed by atoms with Gasteiger partial charge in [-0.05, 0) is 0 Å². The number of ether oxygens (including phenoxy) is 1. The molecular formula is C10H11F2N5O5. The van der Waals surface area contributed by atoms with Crippen LogP contribution in [0.25, 0.3) is 11.2 Å². The average Bonchev–Trinajstić information content (AvgIpc) is 2.93. The molecule has 0 aromatic carbocycles. The number of fused-ring (bicyclic) bond motifs is 1. The number of aliphatic hydroxyl groups is 3. The van der Waals surface area contributed by atoms with Crippen LogP contribution in [-0.4, -0.2) is 59.5 Å². The molecule has 1 fully saturated rings. The Morgan fingerprint density at radius 3 is 2.82 bits per heavy atom. The topological polar surface area (TPSA) is 160 Å². The van der Waals surface area contributed by atoms with E-state index in [1.165, 1.54) is 0 Å². The van der Waals surface area contributed by atoms with E-state index in [1.54, 1.807) is 0 Å². The van der Waals surface area contributed by atoms with Crippen LogP contribution in [0.1, 0.15) is 0 Å². The predicted molar refractivity (Wildman–Crippen MR) is 65.7 cm³/mol. The highest BCUT2D eigenvalue weighted by Gasteiger charge is 2.70. The van der Waals surface area contributed by atoms with Crippen LogP contribution in [0.3, 0.4) is 0 Å². The lowest BCUT2D eigenvalue weighted by Gasteiger charge is -2.28. The van der Waals surface area contributed by atoms with Gasteiger partial charge in [0, 0.05) is 0 Å². The highest BCUT2D eigenvalue weighted by Crippen LogP contribution is 2.46. The van der Waals surface area contributed by atoms with Crippen molar-refractivity contribution in [1.29, 1.82) is 0 Å². The van der Waals surface area contributed by atoms with E-state index < -0.39 is 47.8 Å². The molecule has 0 saturated carbocycles. The van der Waals surface area contributed by atoms with Crippen LogP contribution < -0.4 is 11.3 Å². The zero-order chi connectivity index (χ0) is 16.3. The monoisotopic (exact) mass is 319 g/mol. The van der Waals surface area contributed by atoms with Gasteiger partial charge in [-0.25, -0.2) is 9.37 Å². The first kappa shape index (κ1) is 14.8. The van der Waals surface area contributed by atoms with Crippen molar-refractivity contribution in [3.8, 4) is 0 Å². The maximum Gasteiger partial charge on any atom is 0.359 e. The second kappa shape index (κ2) is 4.42. The minimum atomic E-state index is -3.92. The van der Waals surface area contributed by atoms with Gasteiger partial charge in [0.1, 0.15) is 18.5 Å². The van der Waals surface area contributed by atoms with E-state index in [2.05, 4.69) is 19.7 Å². The summed E-state index contributed by atoms with van der Waals surface area (Å²) in [5.41, 5.74) is 3.62. The highest BCUT2D eigenvalue weighted by molar-refractivity contribution is 5.70. The van der Waals surface area contributed by atoms with Crippen molar-refractivity contribution in [1.82, 2.24) is 19.5 Å². The summed E-state index contributed by atoms with van der Waals surface area (Å²) in [4.78, 5) is 20.9. The zero-order valence-electron chi connectivity index (χ0n) is 10.8. The molecule has 6 N–H and O–H groups in total. The predicted octanol–water partition coefficient (Wildman–Crippen LogP) is -2.31. The van der Waals surface area contributed by atoms with Gasteiger partial charge in [0.25, 0.3) is 5.56 Å². The largest absolute Gasteiger partial charge is 0.394 e. The quantitative estimate of drug-likeness (QED) is 0.413. The molecule has 0 amide bonds. The molecule has 22 heavy (non-hydrogen) atoms. The Kier molecular flexibility index (Phi) is 2.97. The Labute approximate surface area is 119 Å². The lowest BCUT2D eigenvalue weighted by atomic mass is 10.1. The molecule has 12 heteroatoms. The van der Waals surface area contributed by atoms with Crippen LogP contribution in [0.15, 0.2) is 11.1 Å². The maximum absolute atomic E-state index is 14.9. The average molecular weight is 319 g/mol. The van der Waals surface area contributed by atoms with E-state index in [4.69, 9.17) is 10.8 Å². The summed E-state index contributed by atoms with van der Waals surface area (Å²) in [7, 11) is 0. The molecule has 3 heterocycles. The van der Waals surface area contributed by atoms with Crippen molar-refractivity contribution in [3.05, 3.63) is 16.7 Å². The van der Waals surface area contributed by atoms with Gasteiger partial charge in [0.15, 0.2) is 11.2 Å². The molecule has 1 saturated heterocycles. The van der Waals surface area contributed by atoms with Crippen LogP contribution in [0.4, 0.5) is 14.7 Å². The number of halogens is 2. The van der Waals surface area contributed by atoms with Crippen LogP contribution in [0, 0.1) is 0 Å². The number of hydrogen-bond donors (Lipinski definition) is 5. The van der Waals surface area contributed by atoms with E-state index in [1.807, 2.05) is 0 Å². The van der Waals surface area contributed by atoms with E-state index in [0.717, 1.165) is 0 Å². The number of H-pyrrole nitrogens is 1. The standard InChI is InChI=1S/C10H11F2N5O5/c11-9(21)5(19)3(1-18)22-10(9,12)17-2-14-4-6(17)15-8(13)16-7(4)20/h2-3,5,18-19,21H,1H2,(H3,13,15,16,20)/t3-,5-,9-,10+/m1/s1. The van der Waals surface area contributed by atoms with Crippen molar-refractivity contribution in [3.63, 3.8) is 0 Å². The summed E-state index contributed by atoms with van der Waals surface area (Å²) in [6, 6.07) is 0. The Morgan fingerprint density at radius 1 is 1.55 bits per heavy atom. The van der Waals surface area contributed by atoms with Crippen LogP contribution in [0.2, 0.25) is 0 Å². The van der Waals surface area contributed by atoms with E-state index in [0.29, 0.717) is 6.33 Å². The van der Waals surface area contributed by atoms with Crippen LogP contribution in [0.5, 0.6) is 0 Å². The molecule has 1 aliphatic rings. The van der Waals surface area contributed by atoms with Crippen molar-refractivity contribution >= 4 is 17.1 Å². The fraction of sp³-hybridized carbons (Fsp3) is 0.500. The molecule has 0 spiro atoms. The summed E-state index contributed by atoms with van der Waals surface area (Å²) in [6.07, 6.45) is -3.46. The summed E-state index contributed by atoms with van der Waals surface area (Å²) in [5.74, 6) is -7.99. The number of hydrogen-bond acceptors (Lipinski definition) is 8. The summed E-state index contributed by atoms with van der Waals surface area (Å²) >= 11 is 0. The van der Waals surface area contributed by atoms with Crippen molar-refractivity contribution in [2.24, 2.45) is 0 Å². The van der Waals surface area contributed by atoms with Gasteiger partial charge in [-0.2, -0.15) is 9.37 Å². The third-order valence-corrected chi connectivity index (χ3v) is 3.40. The molecule has 0 bridgehead atoms. The van der Waals surface area contributed by atoms with Gasteiger partial charge in [0.2, 0.25) is 5.95 Å². The number of nitrogens with one attached hydrogen (secondary N) is 1. The summed E-state index contributed by atoms with van der Waals surface area (Å²) in [5, 5.41) is 28.1. The van der Waals surface area contributed by atoms with E-state index >= 15 is 0 Å². The van der Waals surface area contributed by atoms with Gasteiger partial charge < -0.3 is 25.8 Å². The first-order valence-electron chi connectivity index (χ1n) is 6.02. The molecule has 2 aromatic rings.